The SMILES string of the molecule is O=C(NCc1ccc(S(=O)(=O)Cl)s1)c1ccncc1Cl. The Labute approximate surface area is 129 Å². The summed E-state index contributed by atoms with van der Waals surface area (Å²) < 4.78 is 22.3. The molecule has 0 fully saturated rings. The number of nitrogens with zero attached hydrogens (tertiary/aromatic N) is 1. The van der Waals surface area contributed by atoms with Gasteiger partial charge in [-0.3, -0.25) is 9.78 Å². The molecule has 0 aliphatic rings. The van der Waals surface area contributed by atoms with Crippen molar-refractivity contribution in [2.75, 3.05) is 0 Å². The molecule has 2 aromatic heterocycles. The molecule has 0 aromatic carbocycles. The molecule has 0 saturated carbocycles. The van der Waals surface area contributed by atoms with Crippen LogP contribution in [-0.2, 0) is 15.6 Å². The maximum atomic E-state index is 11.9. The summed E-state index contributed by atoms with van der Waals surface area (Å²) in [7, 11) is 1.49. The Bertz CT molecular complexity index is 744. The van der Waals surface area contributed by atoms with Gasteiger partial charge in [-0.2, -0.15) is 0 Å². The molecule has 0 spiro atoms. The first-order chi connectivity index (χ1) is 9.38. The number of carbonyl (C=O) groups is 1. The maximum absolute atomic E-state index is 11.9. The van der Waals surface area contributed by atoms with Crippen LogP contribution in [0.25, 0.3) is 0 Å². The lowest BCUT2D eigenvalue weighted by Gasteiger charge is -2.04. The summed E-state index contributed by atoms with van der Waals surface area (Å²) in [4.78, 5) is 16.3. The molecule has 0 saturated heterocycles. The van der Waals surface area contributed by atoms with Gasteiger partial charge >= 0.3 is 0 Å². The molecule has 5 nitrogen and oxygen atoms in total. The standard InChI is InChI=1S/C11H8Cl2N2O3S2/c12-9-6-14-4-3-8(9)11(16)15-5-7-1-2-10(19-7)20(13,17)18/h1-4,6H,5H2,(H,15,16). The van der Waals surface area contributed by atoms with Crippen LogP contribution in [0.4, 0.5) is 0 Å². The summed E-state index contributed by atoms with van der Waals surface area (Å²) >= 11 is 6.85. The summed E-state index contributed by atoms with van der Waals surface area (Å²) in [6, 6.07) is 4.49. The van der Waals surface area contributed by atoms with Crippen LogP contribution in [0, 0.1) is 0 Å². The Hall–Kier alpha value is -1.15. The number of rotatable bonds is 4. The Morgan fingerprint density at radius 3 is 2.70 bits per heavy atom. The highest BCUT2D eigenvalue weighted by Gasteiger charge is 2.14. The van der Waals surface area contributed by atoms with E-state index in [4.69, 9.17) is 22.3 Å². The lowest BCUT2D eigenvalue weighted by atomic mass is 10.2. The van der Waals surface area contributed by atoms with Crippen molar-refractivity contribution in [2.45, 2.75) is 10.8 Å². The second-order valence-electron chi connectivity index (χ2n) is 3.70. The summed E-state index contributed by atoms with van der Waals surface area (Å²) in [6.45, 7) is 0.189. The van der Waals surface area contributed by atoms with Gasteiger partial charge in [0.05, 0.1) is 17.1 Å². The predicted molar refractivity (Wildman–Crippen MR) is 77.8 cm³/mol. The number of amides is 1. The fourth-order valence-electron chi connectivity index (χ4n) is 1.41. The molecular weight excluding hydrogens is 343 g/mol. The van der Waals surface area contributed by atoms with Crippen molar-refractivity contribution in [3.05, 3.63) is 46.1 Å². The lowest BCUT2D eigenvalue weighted by Crippen LogP contribution is -2.22. The van der Waals surface area contributed by atoms with Crippen molar-refractivity contribution >= 4 is 48.6 Å². The van der Waals surface area contributed by atoms with Gasteiger partial charge in [0.2, 0.25) is 0 Å². The molecule has 20 heavy (non-hydrogen) atoms. The third kappa shape index (κ3) is 3.69. The second-order valence-corrected chi connectivity index (χ2v) is 8.07. The zero-order chi connectivity index (χ0) is 14.8. The molecule has 1 amide bonds. The van der Waals surface area contributed by atoms with Gasteiger partial charge in [-0.05, 0) is 18.2 Å². The van der Waals surface area contributed by atoms with Crippen molar-refractivity contribution in [1.82, 2.24) is 10.3 Å². The highest BCUT2D eigenvalue weighted by atomic mass is 35.7. The molecule has 2 heterocycles. The van der Waals surface area contributed by atoms with E-state index >= 15 is 0 Å². The minimum absolute atomic E-state index is 0.0466. The molecule has 2 rings (SSSR count). The van der Waals surface area contributed by atoms with E-state index in [0.717, 1.165) is 11.3 Å². The van der Waals surface area contributed by atoms with Crippen LogP contribution in [0.2, 0.25) is 5.02 Å². The van der Waals surface area contributed by atoms with Crippen LogP contribution in [-0.4, -0.2) is 19.3 Å². The van der Waals surface area contributed by atoms with Gasteiger partial charge in [0, 0.05) is 28.0 Å². The van der Waals surface area contributed by atoms with Gasteiger partial charge in [-0.1, -0.05) is 11.6 Å². The van der Waals surface area contributed by atoms with Crippen LogP contribution in [0.3, 0.4) is 0 Å². The normalized spacial score (nSPS) is 11.3. The number of carbonyl (C=O) groups excluding carboxylic acids is 1. The molecule has 2 aromatic rings. The molecule has 106 valence electrons. The van der Waals surface area contributed by atoms with Gasteiger partial charge in [-0.15, -0.1) is 11.3 Å². The molecule has 0 bridgehead atoms. The Morgan fingerprint density at radius 1 is 1.35 bits per heavy atom. The first-order valence-electron chi connectivity index (χ1n) is 5.29. The highest BCUT2D eigenvalue weighted by Crippen LogP contribution is 2.24. The molecular formula is C11H8Cl2N2O3S2. The number of thiophene rings is 1. The average Bonchev–Trinajstić information content (AvgIpc) is 2.85. The maximum Gasteiger partial charge on any atom is 0.270 e. The Morgan fingerprint density at radius 2 is 2.10 bits per heavy atom. The zero-order valence-electron chi connectivity index (χ0n) is 9.84. The largest absolute Gasteiger partial charge is 0.347 e. The molecule has 9 heteroatoms. The zero-order valence-corrected chi connectivity index (χ0v) is 13.0. The van der Waals surface area contributed by atoms with Crippen LogP contribution in [0.1, 0.15) is 15.2 Å². The van der Waals surface area contributed by atoms with Crippen LogP contribution >= 0.6 is 33.6 Å². The first kappa shape index (κ1) is 15.2. The topological polar surface area (TPSA) is 76.1 Å². The predicted octanol–water partition coefficient (Wildman–Crippen LogP) is 2.65. The summed E-state index contributed by atoms with van der Waals surface area (Å²) in [5.74, 6) is -0.360. The van der Waals surface area contributed by atoms with E-state index in [2.05, 4.69) is 10.3 Å². The first-order valence-corrected chi connectivity index (χ1v) is 8.79. The third-order valence-electron chi connectivity index (χ3n) is 2.32. The summed E-state index contributed by atoms with van der Waals surface area (Å²) in [6.07, 6.45) is 2.84. The van der Waals surface area contributed by atoms with E-state index < -0.39 is 9.05 Å². The molecule has 0 atom stereocenters. The van der Waals surface area contributed by atoms with E-state index in [1.807, 2.05) is 0 Å². The van der Waals surface area contributed by atoms with E-state index in [0.29, 0.717) is 10.4 Å². The number of pyridine rings is 1. The van der Waals surface area contributed by atoms with E-state index in [9.17, 15) is 13.2 Å². The Balaban J connectivity index is 2.04. The van der Waals surface area contributed by atoms with Gasteiger partial charge in [0.1, 0.15) is 4.21 Å². The van der Waals surface area contributed by atoms with Gasteiger partial charge in [0.15, 0.2) is 0 Å². The fourth-order valence-corrected chi connectivity index (χ4v) is 3.67. The molecule has 0 unspecified atom stereocenters. The van der Waals surface area contributed by atoms with Crippen LogP contribution < -0.4 is 5.32 Å². The van der Waals surface area contributed by atoms with Crippen molar-refractivity contribution in [1.29, 1.82) is 0 Å². The average molecular weight is 351 g/mol. The monoisotopic (exact) mass is 350 g/mol. The molecule has 0 aliphatic heterocycles. The number of hydrogen-bond donors (Lipinski definition) is 1. The minimum Gasteiger partial charge on any atom is -0.347 e. The second kappa shape index (κ2) is 6.09. The van der Waals surface area contributed by atoms with Gasteiger partial charge in [0.25, 0.3) is 15.0 Å². The number of nitrogens with one attached hydrogen (secondary N) is 1. The third-order valence-corrected chi connectivity index (χ3v) is 5.80. The smallest absolute Gasteiger partial charge is 0.270 e. The fraction of sp³-hybridized carbons (Fsp3) is 0.0909. The van der Waals surface area contributed by atoms with Crippen molar-refractivity contribution in [2.24, 2.45) is 0 Å². The number of aromatic nitrogens is 1. The van der Waals surface area contributed by atoms with E-state index in [-0.39, 0.29) is 21.7 Å². The van der Waals surface area contributed by atoms with Gasteiger partial charge in [-0.25, -0.2) is 8.42 Å². The molecule has 0 radical (unpaired) electrons. The molecule has 1 N–H and O–H groups in total. The van der Waals surface area contributed by atoms with Crippen LogP contribution in [0.5, 0.6) is 0 Å². The number of hydrogen-bond acceptors (Lipinski definition) is 5. The summed E-state index contributed by atoms with van der Waals surface area (Å²) in [5.41, 5.74) is 0.309. The van der Waals surface area contributed by atoms with Crippen molar-refractivity contribution in [3.8, 4) is 0 Å². The van der Waals surface area contributed by atoms with Crippen molar-refractivity contribution in [3.63, 3.8) is 0 Å². The lowest BCUT2D eigenvalue weighted by molar-refractivity contribution is 0.0951. The van der Waals surface area contributed by atoms with Crippen LogP contribution in [0.15, 0.2) is 34.8 Å². The van der Waals surface area contributed by atoms with Crippen molar-refractivity contribution < 1.29 is 13.2 Å². The highest BCUT2D eigenvalue weighted by molar-refractivity contribution is 8.15. The van der Waals surface area contributed by atoms with Gasteiger partial charge < -0.3 is 5.32 Å². The minimum atomic E-state index is -3.73. The Kier molecular flexibility index (Phi) is 4.64. The summed E-state index contributed by atoms with van der Waals surface area (Å²) in [5, 5.41) is 2.89. The molecule has 0 aliphatic carbocycles. The van der Waals surface area contributed by atoms with E-state index in [1.165, 1.54) is 24.5 Å². The number of halogens is 2. The van der Waals surface area contributed by atoms with E-state index in [1.54, 1.807) is 6.07 Å². The quantitative estimate of drug-likeness (QED) is 0.860.